The van der Waals surface area contributed by atoms with Gasteiger partial charge >= 0.3 is 0 Å². The molecule has 0 saturated heterocycles. The summed E-state index contributed by atoms with van der Waals surface area (Å²) in [6, 6.07) is 19.9. The van der Waals surface area contributed by atoms with Crippen LogP contribution in [0.1, 0.15) is 23.6 Å². The molecule has 0 amide bonds. The third kappa shape index (κ3) is 5.47. The van der Waals surface area contributed by atoms with Crippen LogP contribution in [0.15, 0.2) is 66.7 Å². The normalized spacial score (nSPS) is 10.7. The van der Waals surface area contributed by atoms with E-state index in [1.165, 1.54) is 12.1 Å². The molecule has 0 radical (unpaired) electrons. The maximum Gasteiger partial charge on any atom is 0.166 e. The molecule has 0 unspecified atom stereocenters. The van der Waals surface area contributed by atoms with E-state index in [0.29, 0.717) is 42.8 Å². The first-order chi connectivity index (χ1) is 13.7. The fraction of sp³-hybridized carbons (Fsp3) is 0.217. The fourth-order valence-electron chi connectivity index (χ4n) is 2.84. The standard InChI is InChI=1S/C23H23ClFNO2/c1-2-27-22-9-5-7-18(15-26-14-17-10-12-20(25)13-11-17)23(22)28-16-19-6-3-4-8-21(19)24/h3-13,26H,2,14-16H2,1H3. The summed E-state index contributed by atoms with van der Waals surface area (Å²) < 4.78 is 24.9. The van der Waals surface area contributed by atoms with Crippen LogP contribution in [0.2, 0.25) is 5.02 Å². The van der Waals surface area contributed by atoms with Crippen molar-refractivity contribution >= 4 is 11.6 Å². The zero-order chi connectivity index (χ0) is 19.8. The van der Waals surface area contributed by atoms with Crippen LogP contribution >= 0.6 is 11.6 Å². The van der Waals surface area contributed by atoms with Crippen molar-refractivity contribution < 1.29 is 13.9 Å². The summed E-state index contributed by atoms with van der Waals surface area (Å²) in [5, 5.41) is 4.05. The molecule has 3 aromatic carbocycles. The lowest BCUT2D eigenvalue weighted by atomic mass is 10.1. The van der Waals surface area contributed by atoms with E-state index in [0.717, 1.165) is 16.7 Å². The molecule has 0 aromatic heterocycles. The topological polar surface area (TPSA) is 30.5 Å². The van der Waals surface area contributed by atoms with Gasteiger partial charge < -0.3 is 14.8 Å². The summed E-state index contributed by atoms with van der Waals surface area (Å²) in [4.78, 5) is 0. The molecule has 0 spiro atoms. The lowest BCUT2D eigenvalue weighted by molar-refractivity contribution is 0.266. The molecule has 146 valence electrons. The van der Waals surface area contributed by atoms with Crippen LogP contribution in [-0.2, 0) is 19.7 Å². The van der Waals surface area contributed by atoms with Crippen molar-refractivity contribution in [3.63, 3.8) is 0 Å². The Kier molecular flexibility index (Phi) is 7.29. The average molecular weight is 400 g/mol. The van der Waals surface area contributed by atoms with Crippen LogP contribution < -0.4 is 14.8 Å². The number of benzene rings is 3. The lowest BCUT2D eigenvalue weighted by Crippen LogP contribution is -2.14. The van der Waals surface area contributed by atoms with E-state index in [9.17, 15) is 4.39 Å². The molecular weight excluding hydrogens is 377 g/mol. The van der Waals surface area contributed by atoms with Crippen LogP contribution in [-0.4, -0.2) is 6.61 Å². The first kappa shape index (κ1) is 20.2. The summed E-state index contributed by atoms with van der Waals surface area (Å²) in [5.74, 6) is 1.18. The van der Waals surface area contributed by atoms with Gasteiger partial charge in [0.15, 0.2) is 11.5 Å². The van der Waals surface area contributed by atoms with Gasteiger partial charge in [0, 0.05) is 29.2 Å². The molecule has 0 atom stereocenters. The van der Waals surface area contributed by atoms with Crippen LogP contribution in [0.5, 0.6) is 11.5 Å². The molecule has 0 heterocycles. The molecule has 0 fully saturated rings. The van der Waals surface area contributed by atoms with Crippen molar-refractivity contribution in [1.82, 2.24) is 5.32 Å². The van der Waals surface area contributed by atoms with Crippen molar-refractivity contribution in [2.75, 3.05) is 6.61 Å². The largest absolute Gasteiger partial charge is 0.490 e. The summed E-state index contributed by atoms with van der Waals surface area (Å²) >= 11 is 6.24. The highest BCUT2D eigenvalue weighted by molar-refractivity contribution is 6.31. The lowest BCUT2D eigenvalue weighted by Gasteiger charge is -2.17. The maximum absolute atomic E-state index is 13.0. The fourth-order valence-corrected chi connectivity index (χ4v) is 3.03. The molecule has 0 saturated carbocycles. The Balaban J connectivity index is 1.71. The number of halogens is 2. The first-order valence-corrected chi connectivity index (χ1v) is 9.61. The molecule has 1 N–H and O–H groups in total. The Hall–Kier alpha value is -2.56. The van der Waals surface area contributed by atoms with Gasteiger partial charge in [-0.05, 0) is 36.8 Å². The zero-order valence-electron chi connectivity index (χ0n) is 15.8. The minimum Gasteiger partial charge on any atom is -0.490 e. The van der Waals surface area contributed by atoms with Crippen molar-refractivity contribution in [2.24, 2.45) is 0 Å². The number of para-hydroxylation sites is 1. The molecule has 0 aliphatic carbocycles. The number of ether oxygens (including phenoxy) is 2. The van der Waals surface area contributed by atoms with Gasteiger partial charge in [-0.2, -0.15) is 0 Å². The van der Waals surface area contributed by atoms with E-state index in [2.05, 4.69) is 5.32 Å². The van der Waals surface area contributed by atoms with Gasteiger partial charge in [0.25, 0.3) is 0 Å². The summed E-state index contributed by atoms with van der Waals surface area (Å²) in [6.07, 6.45) is 0. The molecule has 3 aromatic rings. The molecule has 0 bridgehead atoms. The number of hydrogen-bond acceptors (Lipinski definition) is 3. The monoisotopic (exact) mass is 399 g/mol. The summed E-state index contributed by atoms with van der Waals surface area (Å²) in [5.41, 5.74) is 2.92. The zero-order valence-corrected chi connectivity index (χ0v) is 16.5. The molecule has 3 rings (SSSR count). The SMILES string of the molecule is CCOc1cccc(CNCc2ccc(F)cc2)c1OCc1ccccc1Cl. The van der Waals surface area contributed by atoms with Crippen LogP contribution in [0, 0.1) is 5.82 Å². The first-order valence-electron chi connectivity index (χ1n) is 9.23. The Morgan fingerprint density at radius 2 is 1.61 bits per heavy atom. The molecule has 0 aliphatic rings. The number of nitrogens with one attached hydrogen (secondary N) is 1. The van der Waals surface area contributed by atoms with Crippen molar-refractivity contribution in [3.8, 4) is 11.5 Å². The highest BCUT2D eigenvalue weighted by atomic mass is 35.5. The Labute approximate surface area is 170 Å². The van der Waals surface area contributed by atoms with Crippen molar-refractivity contribution in [1.29, 1.82) is 0 Å². The Morgan fingerprint density at radius 1 is 0.857 bits per heavy atom. The predicted octanol–water partition coefficient (Wildman–Crippen LogP) is 5.75. The summed E-state index contributed by atoms with van der Waals surface area (Å²) in [6.45, 7) is 4.07. The van der Waals surface area contributed by atoms with Crippen LogP contribution in [0.25, 0.3) is 0 Å². The van der Waals surface area contributed by atoms with E-state index in [1.807, 2.05) is 49.4 Å². The van der Waals surface area contributed by atoms with Gasteiger partial charge in [-0.3, -0.25) is 0 Å². The van der Waals surface area contributed by atoms with Gasteiger partial charge in [-0.15, -0.1) is 0 Å². The molecule has 5 heteroatoms. The Bertz CT molecular complexity index is 899. The van der Waals surface area contributed by atoms with Gasteiger partial charge in [-0.1, -0.05) is 54.1 Å². The third-order valence-corrected chi connectivity index (χ3v) is 4.62. The van der Waals surface area contributed by atoms with Gasteiger partial charge in [0.2, 0.25) is 0 Å². The van der Waals surface area contributed by atoms with Crippen LogP contribution in [0.3, 0.4) is 0 Å². The minimum absolute atomic E-state index is 0.233. The molecule has 0 aliphatic heterocycles. The van der Waals surface area contributed by atoms with Gasteiger partial charge in [0.1, 0.15) is 12.4 Å². The molecule has 3 nitrogen and oxygen atoms in total. The van der Waals surface area contributed by atoms with Crippen molar-refractivity contribution in [2.45, 2.75) is 26.6 Å². The second kappa shape index (κ2) is 10.1. The number of rotatable bonds is 9. The predicted molar refractivity (Wildman–Crippen MR) is 110 cm³/mol. The van der Waals surface area contributed by atoms with Gasteiger partial charge in [0.05, 0.1) is 6.61 Å². The van der Waals surface area contributed by atoms with E-state index in [-0.39, 0.29) is 5.82 Å². The highest BCUT2D eigenvalue weighted by Crippen LogP contribution is 2.32. The van der Waals surface area contributed by atoms with Gasteiger partial charge in [-0.25, -0.2) is 4.39 Å². The third-order valence-electron chi connectivity index (χ3n) is 4.25. The highest BCUT2D eigenvalue weighted by Gasteiger charge is 2.12. The quantitative estimate of drug-likeness (QED) is 0.497. The number of hydrogen-bond donors (Lipinski definition) is 1. The molecule has 28 heavy (non-hydrogen) atoms. The van der Waals surface area contributed by atoms with E-state index >= 15 is 0 Å². The maximum atomic E-state index is 13.0. The second-order valence-electron chi connectivity index (χ2n) is 6.29. The van der Waals surface area contributed by atoms with E-state index < -0.39 is 0 Å². The van der Waals surface area contributed by atoms with Crippen LogP contribution in [0.4, 0.5) is 4.39 Å². The van der Waals surface area contributed by atoms with Crippen molar-refractivity contribution in [3.05, 3.63) is 94.3 Å². The van der Waals surface area contributed by atoms with E-state index in [4.69, 9.17) is 21.1 Å². The Morgan fingerprint density at radius 3 is 2.36 bits per heavy atom. The smallest absolute Gasteiger partial charge is 0.166 e. The summed E-state index contributed by atoms with van der Waals surface area (Å²) in [7, 11) is 0. The average Bonchev–Trinajstić information content (AvgIpc) is 2.70. The van der Waals surface area contributed by atoms with E-state index in [1.54, 1.807) is 12.1 Å². The molecular formula is C23H23ClFNO2. The minimum atomic E-state index is -0.233. The second-order valence-corrected chi connectivity index (χ2v) is 6.69.